The predicted octanol–water partition coefficient (Wildman–Crippen LogP) is 4.13. The van der Waals surface area contributed by atoms with Crippen LogP contribution >= 0.6 is 0 Å². The number of nitrogens with zero attached hydrogens (tertiary/aromatic N) is 2. The molecule has 0 spiro atoms. The summed E-state index contributed by atoms with van der Waals surface area (Å²) in [5.41, 5.74) is 1.67. The summed E-state index contributed by atoms with van der Waals surface area (Å²) in [4.78, 5) is 29.8. The maximum absolute atomic E-state index is 13.2. The van der Waals surface area contributed by atoms with Crippen LogP contribution in [-0.2, 0) is 9.59 Å². The van der Waals surface area contributed by atoms with Gasteiger partial charge in [0.1, 0.15) is 35.7 Å². The topological polar surface area (TPSA) is 92.5 Å². The van der Waals surface area contributed by atoms with Crippen LogP contribution in [0.4, 0.5) is 11.4 Å². The minimum atomic E-state index is -0.919. The number of carbonyl (C=O) groups excluding carboxylic acids is 2. The molecule has 8 heteroatoms. The molecule has 0 saturated carbocycles. The molecule has 8 nitrogen and oxygen atoms in total. The van der Waals surface area contributed by atoms with Gasteiger partial charge in [0, 0.05) is 18.3 Å². The lowest BCUT2D eigenvalue weighted by atomic mass is 9.98. The van der Waals surface area contributed by atoms with Crippen molar-refractivity contribution >= 4 is 28.8 Å². The highest BCUT2D eigenvalue weighted by molar-refractivity contribution is 6.51. The van der Waals surface area contributed by atoms with Gasteiger partial charge >= 0.3 is 0 Å². The molecule has 1 amide bonds. The zero-order valence-electron chi connectivity index (χ0n) is 18.9. The van der Waals surface area contributed by atoms with Crippen LogP contribution in [-0.4, -0.2) is 43.6 Å². The molecule has 2 aliphatic rings. The van der Waals surface area contributed by atoms with Crippen LogP contribution in [0.2, 0.25) is 0 Å². The summed E-state index contributed by atoms with van der Waals surface area (Å²) in [6.07, 6.45) is 1.47. The van der Waals surface area contributed by atoms with Crippen LogP contribution in [0.5, 0.6) is 11.5 Å². The fourth-order valence-corrected chi connectivity index (χ4v) is 4.34. The maximum atomic E-state index is 13.2. The Kier molecular flexibility index (Phi) is 5.49. The van der Waals surface area contributed by atoms with Gasteiger partial charge in [0.15, 0.2) is 0 Å². The molecular formula is C26H24N2O6. The van der Waals surface area contributed by atoms with Crippen LogP contribution < -0.4 is 19.3 Å². The first-order chi connectivity index (χ1) is 16.5. The highest BCUT2D eigenvalue weighted by Gasteiger charge is 2.48. The van der Waals surface area contributed by atoms with Crippen molar-refractivity contribution in [2.24, 2.45) is 0 Å². The molecular weight excluding hydrogens is 436 g/mol. The molecule has 174 valence electrons. The predicted molar refractivity (Wildman–Crippen MR) is 126 cm³/mol. The number of benzene rings is 2. The molecule has 1 fully saturated rings. The zero-order valence-corrected chi connectivity index (χ0v) is 18.9. The lowest BCUT2D eigenvalue weighted by Gasteiger charge is -2.28. The second-order valence-corrected chi connectivity index (χ2v) is 8.06. The van der Waals surface area contributed by atoms with Gasteiger partial charge in [-0.05, 0) is 61.5 Å². The third-order valence-corrected chi connectivity index (χ3v) is 6.01. The average Bonchev–Trinajstić information content (AvgIpc) is 3.47. The third kappa shape index (κ3) is 3.57. The molecule has 34 heavy (non-hydrogen) atoms. The van der Waals surface area contributed by atoms with Crippen molar-refractivity contribution in [3.8, 4) is 11.5 Å². The van der Waals surface area contributed by atoms with E-state index >= 15 is 0 Å². The van der Waals surface area contributed by atoms with E-state index in [0.717, 1.165) is 5.69 Å². The van der Waals surface area contributed by atoms with E-state index in [4.69, 9.17) is 13.9 Å². The minimum Gasteiger partial charge on any atom is -0.507 e. The van der Waals surface area contributed by atoms with Crippen molar-refractivity contribution in [1.29, 1.82) is 0 Å². The fraction of sp³-hybridized carbons (Fsp3) is 0.231. The molecule has 3 heterocycles. The Morgan fingerprint density at radius 1 is 1.15 bits per heavy atom. The fourth-order valence-electron chi connectivity index (χ4n) is 4.34. The lowest BCUT2D eigenvalue weighted by Crippen LogP contribution is -2.29. The SMILES string of the molecule is CCOc1ccc(N2C(=O)C(=O)/C(=C(\O)c3ccc4c(c3)N(C)CCO4)C2c2ccco2)cc1. The second-order valence-electron chi connectivity index (χ2n) is 8.06. The smallest absolute Gasteiger partial charge is 0.300 e. The zero-order chi connectivity index (χ0) is 23.8. The normalized spacial score (nSPS) is 19.2. The Morgan fingerprint density at radius 3 is 2.65 bits per heavy atom. The molecule has 5 rings (SSSR count). The van der Waals surface area contributed by atoms with E-state index in [1.54, 1.807) is 54.6 Å². The van der Waals surface area contributed by atoms with Gasteiger partial charge in [-0.2, -0.15) is 0 Å². The summed E-state index contributed by atoms with van der Waals surface area (Å²) in [6, 6.07) is 14.5. The van der Waals surface area contributed by atoms with E-state index in [1.165, 1.54) is 11.2 Å². The summed E-state index contributed by atoms with van der Waals surface area (Å²) in [7, 11) is 1.93. The summed E-state index contributed by atoms with van der Waals surface area (Å²) in [6.45, 7) is 3.66. The Morgan fingerprint density at radius 2 is 1.94 bits per heavy atom. The number of amides is 1. The summed E-state index contributed by atoms with van der Waals surface area (Å²) >= 11 is 0. The van der Waals surface area contributed by atoms with Gasteiger partial charge in [-0.1, -0.05) is 0 Å². The van der Waals surface area contributed by atoms with E-state index < -0.39 is 17.7 Å². The number of rotatable bonds is 5. The van der Waals surface area contributed by atoms with Crippen LogP contribution in [0, 0.1) is 0 Å². The third-order valence-electron chi connectivity index (χ3n) is 6.01. The van der Waals surface area contributed by atoms with E-state index in [2.05, 4.69) is 0 Å². The number of hydrogen-bond donors (Lipinski definition) is 1. The number of anilines is 2. The van der Waals surface area contributed by atoms with Crippen molar-refractivity contribution in [2.75, 3.05) is 36.6 Å². The molecule has 1 aromatic heterocycles. The number of likely N-dealkylation sites (N-methyl/N-ethyl adjacent to an activating group) is 1. The molecule has 2 aliphatic heterocycles. The molecule has 2 aromatic carbocycles. The van der Waals surface area contributed by atoms with Crippen LogP contribution in [0.25, 0.3) is 5.76 Å². The van der Waals surface area contributed by atoms with E-state index in [1.807, 2.05) is 18.9 Å². The van der Waals surface area contributed by atoms with Gasteiger partial charge in [0.2, 0.25) is 0 Å². The monoisotopic (exact) mass is 460 g/mol. The number of ether oxygens (including phenoxy) is 2. The molecule has 1 atom stereocenters. The number of hydrogen-bond acceptors (Lipinski definition) is 7. The van der Waals surface area contributed by atoms with Crippen molar-refractivity contribution in [3.05, 3.63) is 77.8 Å². The quantitative estimate of drug-likeness (QED) is 0.348. The molecule has 1 N–H and O–H groups in total. The number of fused-ring (bicyclic) bond motifs is 1. The van der Waals surface area contributed by atoms with Gasteiger partial charge in [-0.3, -0.25) is 14.5 Å². The Balaban J connectivity index is 1.63. The van der Waals surface area contributed by atoms with Gasteiger partial charge in [0.05, 0.1) is 30.7 Å². The van der Waals surface area contributed by atoms with Crippen LogP contribution in [0.3, 0.4) is 0 Å². The Hall–Kier alpha value is -4.20. The summed E-state index contributed by atoms with van der Waals surface area (Å²) in [5.74, 6) is -0.0795. The minimum absolute atomic E-state index is 0.0341. The van der Waals surface area contributed by atoms with E-state index in [9.17, 15) is 14.7 Å². The standard InChI is InChI=1S/C26H24N2O6/c1-3-32-18-9-7-17(8-10-18)28-23(21-5-4-13-33-21)22(25(30)26(28)31)24(29)16-6-11-20-19(15-16)27(2)12-14-34-20/h4-11,13,15,23,29H,3,12,14H2,1-2H3/b24-22-. The van der Waals surface area contributed by atoms with Gasteiger partial charge in [0.25, 0.3) is 11.7 Å². The van der Waals surface area contributed by atoms with Crippen LogP contribution in [0.1, 0.15) is 24.3 Å². The van der Waals surface area contributed by atoms with Crippen LogP contribution in [0.15, 0.2) is 70.9 Å². The Labute approximate surface area is 196 Å². The number of ketones is 1. The number of aliphatic hydroxyl groups is 1. The number of carbonyl (C=O) groups is 2. The number of aliphatic hydroxyl groups excluding tert-OH is 1. The average molecular weight is 460 g/mol. The van der Waals surface area contributed by atoms with Gasteiger partial charge in [-0.25, -0.2) is 0 Å². The first-order valence-corrected chi connectivity index (χ1v) is 11.0. The van der Waals surface area contributed by atoms with Gasteiger partial charge in [-0.15, -0.1) is 0 Å². The van der Waals surface area contributed by atoms with Gasteiger partial charge < -0.3 is 23.9 Å². The highest BCUT2D eigenvalue weighted by atomic mass is 16.5. The first-order valence-electron chi connectivity index (χ1n) is 11.0. The molecule has 1 saturated heterocycles. The molecule has 1 unspecified atom stereocenters. The first kappa shape index (κ1) is 21.6. The van der Waals surface area contributed by atoms with Crippen molar-refractivity contribution < 1.29 is 28.6 Å². The largest absolute Gasteiger partial charge is 0.507 e. The lowest BCUT2D eigenvalue weighted by molar-refractivity contribution is -0.132. The maximum Gasteiger partial charge on any atom is 0.300 e. The Bertz CT molecular complexity index is 1260. The molecule has 0 bridgehead atoms. The van der Waals surface area contributed by atoms with Crippen molar-refractivity contribution in [2.45, 2.75) is 13.0 Å². The summed E-state index contributed by atoms with van der Waals surface area (Å²) in [5, 5.41) is 11.3. The molecule has 3 aromatic rings. The molecule has 0 radical (unpaired) electrons. The summed E-state index contributed by atoms with van der Waals surface area (Å²) < 4.78 is 16.8. The molecule has 0 aliphatic carbocycles. The second kappa shape index (κ2) is 8.62. The number of Topliss-reactive ketones (excluding diaryl/α,β-unsaturated/α-hetero) is 1. The van der Waals surface area contributed by atoms with E-state index in [0.29, 0.717) is 48.3 Å². The number of furan rings is 1. The van der Waals surface area contributed by atoms with E-state index in [-0.39, 0.29) is 11.3 Å². The van der Waals surface area contributed by atoms with Crippen molar-refractivity contribution in [3.63, 3.8) is 0 Å². The highest BCUT2D eigenvalue weighted by Crippen LogP contribution is 2.43. The van der Waals surface area contributed by atoms with Crippen molar-refractivity contribution in [1.82, 2.24) is 0 Å².